The van der Waals surface area contributed by atoms with E-state index in [0.717, 1.165) is 0 Å². The summed E-state index contributed by atoms with van der Waals surface area (Å²) < 4.78 is -1.30. The smallest absolute Gasteiger partial charge is 0.0969 e. The van der Waals surface area contributed by atoms with Crippen molar-refractivity contribution in [2.24, 2.45) is 5.92 Å². The van der Waals surface area contributed by atoms with Crippen molar-refractivity contribution in [2.75, 3.05) is 0 Å². The van der Waals surface area contributed by atoms with Gasteiger partial charge in [-0.15, -0.1) is 0 Å². The van der Waals surface area contributed by atoms with E-state index in [-0.39, 0.29) is 4.75 Å². The Kier molecular flexibility index (Phi) is 8.65. The van der Waals surface area contributed by atoms with Gasteiger partial charge in [-0.25, -0.2) is 0 Å². The quantitative estimate of drug-likeness (QED) is 0.153. The van der Waals surface area contributed by atoms with Crippen molar-refractivity contribution in [3.05, 3.63) is 0 Å². The lowest BCUT2D eigenvalue weighted by Crippen LogP contribution is -2.25. The molecular formula is C16H32S5. The molecule has 0 saturated heterocycles. The van der Waals surface area contributed by atoms with Crippen LogP contribution >= 0.6 is 63.1 Å². The Morgan fingerprint density at radius 1 is 0.619 bits per heavy atom. The van der Waals surface area contributed by atoms with Gasteiger partial charge in [0.25, 0.3) is 0 Å². The van der Waals surface area contributed by atoms with Crippen LogP contribution in [0.1, 0.15) is 78.1 Å². The topological polar surface area (TPSA) is 0 Å². The zero-order chi connectivity index (χ0) is 16.1. The van der Waals surface area contributed by atoms with Gasteiger partial charge in [0.1, 0.15) is 0 Å². The molecule has 0 N–H and O–H groups in total. The Balaban J connectivity index is 2.57. The average Bonchev–Trinajstić information content (AvgIpc) is 2.74. The second-order valence-electron chi connectivity index (χ2n) is 6.51. The van der Waals surface area contributed by atoms with Crippen LogP contribution in [-0.4, -0.2) is 12.9 Å². The van der Waals surface area contributed by atoms with Crippen LogP contribution in [0.5, 0.6) is 0 Å². The predicted molar refractivity (Wildman–Crippen MR) is 114 cm³/mol. The average molecular weight is 385 g/mol. The van der Waals surface area contributed by atoms with Gasteiger partial charge in [-0.1, -0.05) is 65.2 Å². The minimum absolute atomic E-state index is 0.295. The van der Waals surface area contributed by atoms with Crippen LogP contribution in [-0.2, 0) is 0 Å². The van der Waals surface area contributed by atoms with E-state index in [4.69, 9.17) is 63.1 Å². The highest BCUT2D eigenvalue weighted by Gasteiger charge is 2.82. The summed E-state index contributed by atoms with van der Waals surface area (Å²) in [5.41, 5.74) is 0. The molecule has 1 unspecified atom stereocenters. The molecule has 5 heteroatoms. The molecule has 1 aliphatic carbocycles. The van der Waals surface area contributed by atoms with Crippen molar-refractivity contribution in [3.8, 4) is 0 Å². The summed E-state index contributed by atoms with van der Waals surface area (Å²) in [5.74, 6) is 0.499. The molecule has 0 nitrogen and oxygen atoms in total. The van der Waals surface area contributed by atoms with E-state index in [1.165, 1.54) is 64.2 Å². The molecule has 0 aliphatic heterocycles. The second kappa shape index (κ2) is 8.73. The van der Waals surface area contributed by atoms with Gasteiger partial charge in [0.2, 0.25) is 0 Å². The van der Waals surface area contributed by atoms with E-state index in [0.29, 0.717) is 5.92 Å². The summed E-state index contributed by atoms with van der Waals surface area (Å²) in [5, 5.41) is 0. The Hall–Kier alpha value is 1.75. The fraction of sp³-hybridized carbons (Fsp3) is 1.00. The normalized spacial score (nSPS) is 23.0. The van der Waals surface area contributed by atoms with Gasteiger partial charge in [0.15, 0.2) is 0 Å². The lowest BCUT2D eigenvalue weighted by molar-refractivity contribution is 0.386. The molecule has 0 aromatic rings. The maximum atomic E-state index is 4.96. The van der Waals surface area contributed by atoms with E-state index < -0.39 is 8.16 Å². The number of unbranched alkanes of at least 4 members (excludes halogenated alkanes) is 6. The van der Waals surface area contributed by atoms with Gasteiger partial charge in [-0.2, -0.15) is 63.1 Å². The monoisotopic (exact) mass is 384 g/mol. The molecule has 1 rings (SSSR count). The first-order valence-electron chi connectivity index (χ1n) is 8.39. The molecule has 1 saturated carbocycles. The third-order valence-electron chi connectivity index (χ3n) is 4.89. The van der Waals surface area contributed by atoms with Crippen LogP contribution in [0.25, 0.3) is 0 Å². The Bertz CT molecular complexity index is 300. The van der Waals surface area contributed by atoms with E-state index in [1.54, 1.807) is 0 Å². The summed E-state index contributed by atoms with van der Waals surface area (Å²) in [4.78, 5) is 0. The van der Waals surface area contributed by atoms with Crippen LogP contribution in [0, 0.1) is 5.92 Å². The van der Waals surface area contributed by atoms with Gasteiger partial charge in [-0.3, -0.25) is 0 Å². The fourth-order valence-electron chi connectivity index (χ4n) is 3.27. The number of thiol groups is 5. The summed E-state index contributed by atoms with van der Waals surface area (Å²) >= 11 is 23.7. The summed E-state index contributed by atoms with van der Waals surface area (Å²) in [6, 6.07) is 0. The molecular weight excluding hydrogens is 353 g/mol. The molecule has 0 aromatic heterocycles. The molecule has 0 amide bonds. The molecule has 1 aliphatic rings. The maximum Gasteiger partial charge on any atom is 0.0969 e. The lowest BCUT2D eigenvalue weighted by atomic mass is 9.90. The largest absolute Gasteiger partial charge is 0.167 e. The van der Waals surface area contributed by atoms with E-state index in [9.17, 15) is 0 Å². The van der Waals surface area contributed by atoms with Crippen molar-refractivity contribution >= 4 is 63.1 Å². The van der Waals surface area contributed by atoms with Crippen LogP contribution in [0.2, 0.25) is 0 Å². The predicted octanol–water partition coefficient (Wildman–Crippen LogP) is 6.34. The number of hydrogen-bond acceptors (Lipinski definition) is 5. The molecule has 1 atom stereocenters. The Morgan fingerprint density at radius 3 is 1.43 bits per heavy atom. The van der Waals surface area contributed by atoms with Gasteiger partial charge >= 0.3 is 0 Å². The Labute approximate surface area is 159 Å². The van der Waals surface area contributed by atoms with Gasteiger partial charge in [-0.05, 0) is 18.8 Å². The molecule has 0 radical (unpaired) electrons. The first-order valence-corrected chi connectivity index (χ1v) is 10.6. The lowest BCUT2D eigenvalue weighted by Gasteiger charge is -2.26. The van der Waals surface area contributed by atoms with Gasteiger partial charge in [0, 0.05) is 0 Å². The molecule has 1 fully saturated rings. The first-order chi connectivity index (χ1) is 9.77. The zero-order valence-electron chi connectivity index (χ0n) is 13.4. The van der Waals surface area contributed by atoms with Crippen molar-refractivity contribution in [1.82, 2.24) is 0 Å². The summed E-state index contributed by atoms with van der Waals surface area (Å²) in [6.45, 7) is 4.50. The van der Waals surface area contributed by atoms with E-state index in [1.807, 2.05) is 0 Å². The summed E-state index contributed by atoms with van der Waals surface area (Å²) in [6.07, 6.45) is 12.8. The van der Waals surface area contributed by atoms with Crippen LogP contribution in [0.4, 0.5) is 0 Å². The minimum Gasteiger partial charge on any atom is -0.167 e. The maximum absolute atomic E-state index is 4.96. The van der Waals surface area contributed by atoms with Gasteiger partial charge in [0.05, 0.1) is 12.9 Å². The third kappa shape index (κ3) is 4.24. The number of hydrogen-bond donors (Lipinski definition) is 5. The summed E-state index contributed by atoms with van der Waals surface area (Å²) in [7, 11) is 0. The molecule has 126 valence electrons. The van der Waals surface area contributed by atoms with Crippen molar-refractivity contribution < 1.29 is 0 Å². The van der Waals surface area contributed by atoms with Crippen LogP contribution in [0.3, 0.4) is 0 Å². The van der Waals surface area contributed by atoms with Crippen LogP contribution in [0.15, 0.2) is 0 Å². The highest BCUT2D eigenvalue weighted by molar-refractivity contribution is 8.12. The highest BCUT2D eigenvalue weighted by Crippen LogP contribution is 2.77. The van der Waals surface area contributed by atoms with E-state index in [2.05, 4.69) is 13.8 Å². The van der Waals surface area contributed by atoms with Gasteiger partial charge < -0.3 is 0 Å². The second-order valence-corrected chi connectivity index (χ2v) is 10.6. The van der Waals surface area contributed by atoms with E-state index >= 15 is 0 Å². The molecule has 0 heterocycles. The molecule has 21 heavy (non-hydrogen) atoms. The minimum atomic E-state index is -0.504. The highest BCUT2D eigenvalue weighted by atomic mass is 32.2. The molecule has 0 spiro atoms. The van der Waals surface area contributed by atoms with Crippen molar-refractivity contribution in [3.63, 3.8) is 0 Å². The van der Waals surface area contributed by atoms with Crippen LogP contribution < -0.4 is 0 Å². The molecule has 0 bridgehead atoms. The fourth-order valence-corrected chi connectivity index (χ4v) is 6.40. The first kappa shape index (κ1) is 20.8. The molecule has 0 aromatic carbocycles. The Morgan fingerprint density at radius 2 is 1.00 bits per heavy atom. The standard InChI is InChI=1S/C16H32S5/c1-3-5-7-8-10-12-13(11-9-6-4-2)14(17)15(18,19)16(14,20)21/h13,17-21H,3-12H2,1-2H3. The number of rotatable bonds is 11. The van der Waals surface area contributed by atoms with Crippen molar-refractivity contribution in [2.45, 2.75) is 91.0 Å². The zero-order valence-corrected chi connectivity index (χ0v) is 17.9. The SMILES string of the molecule is CCCCCCCC(CCCCC)C1(S)C(S)(S)C1(S)S. The third-order valence-corrected chi connectivity index (χ3v) is 10.1. The van der Waals surface area contributed by atoms with Crippen molar-refractivity contribution in [1.29, 1.82) is 0 Å².